The number of carbonyl (C=O) groups excluding carboxylic acids is 1. The number of nitrogens with one attached hydrogen (secondary N) is 1. The molecule has 0 spiro atoms. The van der Waals surface area contributed by atoms with Crippen LogP contribution >= 0.6 is 15.9 Å². The Hall–Kier alpha value is -1.03. The fourth-order valence-corrected chi connectivity index (χ4v) is 2.85. The van der Waals surface area contributed by atoms with Crippen LogP contribution in [0, 0.1) is 5.92 Å². The first-order chi connectivity index (χ1) is 10.1. The van der Waals surface area contributed by atoms with Crippen molar-refractivity contribution in [3.8, 4) is 5.75 Å². The van der Waals surface area contributed by atoms with Gasteiger partial charge in [0.25, 0.3) is 5.91 Å². The minimum Gasteiger partial charge on any atom is -0.491 e. The molecule has 1 unspecified atom stereocenters. The summed E-state index contributed by atoms with van der Waals surface area (Å²) in [5.74, 6) is 1.33. The molecule has 118 valence electrons. The van der Waals surface area contributed by atoms with E-state index in [1.807, 2.05) is 38.1 Å². The van der Waals surface area contributed by atoms with Crippen molar-refractivity contribution in [3.05, 3.63) is 29.8 Å². The number of alkyl halides is 1. The third-order valence-electron chi connectivity index (χ3n) is 3.25. The Kier molecular flexibility index (Phi) is 8.43. The van der Waals surface area contributed by atoms with Crippen LogP contribution in [0.5, 0.6) is 5.75 Å². The van der Waals surface area contributed by atoms with E-state index in [0.29, 0.717) is 11.5 Å². The molecule has 0 heterocycles. The van der Waals surface area contributed by atoms with Gasteiger partial charge in [0.1, 0.15) is 5.75 Å². The van der Waals surface area contributed by atoms with Crippen LogP contribution in [0.2, 0.25) is 0 Å². The lowest BCUT2D eigenvalue weighted by atomic mass is 10.0. The summed E-state index contributed by atoms with van der Waals surface area (Å²) in [6.45, 7) is 6.88. The molecule has 3 nitrogen and oxygen atoms in total. The molecular weight excluding hydrogens is 330 g/mol. The molecule has 0 saturated carbocycles. The highest BCUT2D eigenvalue weighted by Crippen LogP contribution is 2.15. The van der Waals surface area contributed by atoms with Crippen molar-refractivity contribution in [2.24, 2.45) is 5.92 Å². The van der Waals surface area contributed by atoms with Gasteiger partial charge >= 0.3 is 0 Å². The lowest BCUT2D eigenvalue weighted by Gasteiger charge is -2.16. The number of hydrogen-bond acceptors (Lipinski definition) is 2. The monoisotopic (exact) mass is 355 g/mol. The summed E-state index contributed by atoms with van der Waals surface area (Å²) in [6.07, 6.45) is 3.53. The summed E-state index contributed by atoms with van der Waals surface area (Å²) in [5.41, 5.74) is 0.681. The normalized spacial score (nSPS) is 12.2. The molecule has 1 atom stereocenters. The van der Waals surface area contributed by atoms with Gasteiger partial charge in [-0.15, -0.1) is 0 Å². The second kappa shape index (κ2) is 9.82. The van der Waals surface area contributed by atoms with Crippen LogP contribution in [0.15, 0.2) is 24.3 Å². The number of rotatable bonds is 9. The van der Waals surface area contributed by atoms with Gasteiger partial charge in [-0.2, -0.15) is 0 Å². The molecule has 0 aliphatic rings. The topological polar surface area (TPSA) is 38.3 Å². The number of carbonyl (C=O) groups is 1. The van der Waals surface area contributed by atoms with Crippen LogP contribution in [0.4, 0.5) is 0 Å². The minimum atomic E-state index is -0.0122. The number of hydrogen-bond donors (Lipinski definition) is 1. The van der Waals surface area contributed by atoms with E-state index in [-0.39, 0.29) is 12.0 Å². The fourth-order valence-electron chi connectivity index (χ4n) is 2.21. The zero-order valence-electron chi connectivity index (χ0n) is 13.2. The second-order valence-electron chi connectivity index (χ2n) is 5.53. The third-order valence-corrected chi connectivity index (χ3v) is 3.71. The van der Waals surface area contributed by atoms with Crippen molar-refractivity contribution < 1.29 is 9.53 Å². The molecule has 21 heavy (non-hydrogen) atoms. The van der Waals surface area contributed by atoms with E-state index >= 15 is 0 Å². The number of benzene rings is 1. The molecule has 0 aromatic heterocycles. The molecule has 1 N–H and O–H groups in total. The Morgan fingerprint density at radius 2 is 1.90 bits per heavy atom. The first kappa shape index (κ1) is 18.0. The van der Waals surface area contributed by atoms with E-state index in [1.165, 1.54) is 0 Å². The van der Waals surface area contributed by atoms with Crippen molar-refractivity contribution in [2.75, 3.05) is 11.9 Å². The van der Waals surface area contributed by atoms with Gasteiger partial charge in [0.2, 0.25) is 0 Å². The number of amides is 1. The molecule has 1 aromatic carbocycles. The van der Waals surface area contributed by atoms with E-state index in [0.717, 1.165) is 36.9 Å². The molecule has 1 amide bonds. The molecule has 0 saturated heterocycles. The standard InChI is InChI=1S/C17H26BrNO2/c1-4-5-14(10-11-18)12-19-17(20)15-6-8-16(9-7-15)21-13(2)3/h6-9,13-14H,4-5,10-12H2,1-3H3,(H,19,20). The summed E-state index contributed by atoms with van der Waals surface area (Å²) in [7, 11) is 0. The van der Waals surface area contributed by atoms with Crippen LogP contribution in [0.25, 0.3) is 0 Å². The highest BCUT2D eigenvalue weighted by atomic mass is 79.9. The van der Waals surface area contributed by atoms with Crippen LogP contribution in [0.1, 0.15) is 50.4 Å². The number of ether oxygens (including phenoxy) is 1. The lowest BCUT2D eigenvalue weighted by Crippen LogP contribution is -2.29. The molecule has 0 radical (unpaired) electrons. The van der Waals surface area contributed by atoms with Gasteiger partial charge in [0, 0.05) is 17.4 Å². The predicted octanol–water partition coefficient (Wildman–Crippen LogP) is 4.40. The Bertz CT molecular complexity index is 411. The second-order valence-corrected chi connectivity index (χ2v) is 6.33. The largest absolute Gasteiger partial charge is 0.491 e. The molecule has 0 aliphatic carbocycles. The summed E-state index contributed by atoms with van der Waals surface area (Å²) in [4.78, 5) is 12.1. The zero-order chi connectivity index (χ0) is 15.7. The maximum absolute atomic E-state index is 12.1. The Morgan fingerprint density at radius 1 is 1.24 bits per heavy atom. The van der Waals surface area contributed by atoms with Crippen LogP contribution in [-0.4, -0.2) is 23.9 Å². The van der Waals surface area contributed by atoms with Gasteiger partial charge in [-0.05, 0) is 56.9 Å². The first-order valence-electron chi connectivity index (χ1n) is 7.67. The van der Waals surface area contributed by atoms with E-state index < -0.39 is 0 Å². The number of halogens is 1. The predicted molar refractivity (Wildman–Crippen MR) is 91.3 cm³/mol. The summed E-state index contributed by atoms with van der Waals surface area (Å²) in [6, 6.07) is 7.31. The van der Waals surface area contributed by atoms with E-state index in [2.05, 4.69) is 28.2 Å². The van der Waals surface area contributed by atoms with Gasteiger partial charge in [-0.1, -0.05) is 29.3 Å². The highest BCUT2D eigenvalue weighted by molar-refractivity contribution is 9.09. The molecule has 0 aliphatic heterocycles. The van der Waals surface area contributed by atoms with Crippen LogP contribution < -0.4 is 10.1 Å². The Labute approximate surface area is 136 Å². The van der Waals surface area contributed by atoms with Crippen molar-refractivity contribution in [1.29, 1.82) is 0 Å². The highest BCUT2D eigenvalue weighted by Gasteiger charge is 2.11. The summed E-state index contributed by atoms with van der Waals surface area (Å²) >= 11 is 3.47. The van der Waals surface area contributed by atoms with Crippen molar-refractivity contribution in [1.82, 2.24) is 5.32 Å². The average Bonchev–Trinajstić information content (AvgIpc) is 2.45. The molecule has 0 fully saturated rings. The maximum atomic E-state index is 12.1. The summed E-state index contributed by atoms with van der Waals surface area (Å²) < 4.78 is 5.57. The van der Waals surface area contributed by atoms with Gasteiger partial charge in [-0.25, -0.2) is 0 Å². The smallest absolute Gasteiger partial charge is 0.251 e. The molecule has 4 heteroatoms. The van der Waals surface area contributed by atoms with E-state index in [4.69, 9.17) is 4.74 Å². The summed E-state index contributed by atoms with van der Waals surface area (Å²) in [5, 5.41) is 4.01. The molecular formula is C17H26BrNO2. The van der Waals surface area contributed by atoms with Gasteiger partial charge < -0.3 is 10.1 Å². The van der Waals surface area contributed by atoms with Crippen LogP contribution in [0.3, 0.4) is 0 Å². The fraction of sp³-hybridized carbons (Fsp3) is 0.588. The van der Waals surface area contributed by atoms with E-state index in [9.17, 15) is 4.79 Å². The minimum absolute atomic E-state index is 0.0122. The molecule has 1 rings (SSSR count). The molecule has 1 aromatic rings. The van der Waals surface area contributed by atoms with Crippen molar-refractivity contribution in [3.63, 3.8) is 0 Å². The average molecular weight is 356 g/mol. The Balaban J connectivity index is 2.50. The van der Waals surface area contributed by atoms with Gasteiger partial charge in [0.05, 0.1) is 6.10 Å². The third kappa shape index (κ3) is 6.98. The quantitative estimate of drug-likeness (QED) is 0.666. The van der Waals surface area contributed by atoms with Crippen molar-refractivity contribution >= 4 is 21.8 Å². The van der Waals surface area contributed by atoms with Crippen LogP contribution in [-0.2, 0) is 0 Å². The molecule has 0 bridgehead atoms. The lowest BCUT2D eigenvalue weighted by molar-refractivity contribution is 0.0946. The van der Waals surface area contributed by atoms with E-state index in [1.54, 1.807) is 0 Å². The first-order valence-corrected chi connectivity index (χ1v) is 8.79. The van der Waals surface area contributed by atoms with Crippen molar-refractivity contribution in [2.45, 2.75) is 46.1 Å². The Morgan fingerprint density at radius 3 is 2.43 bits per heavy atom. The maximum Gasteiger partial charge on any atom is 0.251 e. The van der Waals surface area contributed by atoms with Gasteiger partial charge in [0.15, 0.2) is 0 Å². The van der Waals surface area contributed by atoms with Gasteiger partial charge in [-0.3, -0.25) is 4.79 Å². The SMILES string of the molecule is CCCC(CCBr)CNC(=O)c1ccc(OC(C)C)cc1. The zero-order valence-corrected chi connectivity index (χ0v) is 14.8.